The Morgan fingerprint density at radius 1 is 1.36 bits per heavy atom. The van der Waals surface area contributed by atoms with Crippen LogP contribution in [0.15, 0.2) is 24.3 Å². The summed E-state index contributed by atoms with van der Waals surface area (Å²) < 4.78 is 5.59. The van der Waals surface area contributed by atoms with Gasteiger partial charge < -0.3 is 14.7 Å². The highest BCUT2D eigenvalue weighted by atomic mass is 16.5. The fourth-order valence-corrected chi connectivity index (χ4v) is 2.94. The average molecular weight is 305 g/mol. The summed E-state index contributed by atoms with van der Waals surface area (Å²) in [6.45, 7) is 4.03. The Hall–Kier alpha value is -1.55. The van der Waals surface area contributed by atoms with Crippen molar-refractivity contribution >= 4 is 5.91 Å². The molecule has 1 unspecified atom stereocenters. The summed E-state index contributed by atoms with van der Waals surface area (Å²) in [5.41, 5.74) is 0.791. The molecule has 1 aromatic carbocycles. The lowest BCUT2D eigenvalue weighted by Gasteiger charge is -2.33. The number of carbonyl (C=O) groups excluding carboxylic acids is 1. The van der Waals surface area contributed by atoms with Gasteiger partial charge in [0.15, 0.2) is 6.61 Å². The Balaban J connectivity index is 1.85. The van der Waals surface area contributed by atoms with Gasteiger partial charge in [0.2, 0.25) is 0 Å². The van der Waals surface area contributed by atoms with E-state index in [4.69, 9.17) is 4.74 Å². The van der Waals surface area contributed by atoms with Gasteiger partial charge in [0.1, 0.15) is 5.75 Å². The predicted octanol–water partition coefficient (Wildman–Crippen LogP) is 3.16. The molecule has 0 aliphatic heterocycles. The van der Waals surface area contributed by atoms with Gasteiger partial charge in [-0.05, 0) is 56.2 Å². The smallest absolute Gasteiger partial charge is 0.260 e. The van der Waals surface area contributed by atoms with E-state index in [1.807, 2.05) is 24.1 Å². The minimum atomic E-state index is -0.536. The average Bonchev–Trinajstić information content (AvgIpc) is 2.53. The molecule has 0 saturated heterocycles. The fraction of sp³-hybridized carbons (Fsp3) is 0.611. The number of hydrogen-bond acceptors (Lipinski definition) is 3. The summed E-state index contributed by atoms with van der Waals surface area (Å²) in [7, 11) is 1.87. The van der Waals surface area contributed by atoms with E-state index in [0.29, 0.717) is 11.8 Å². The van der Waals surface area contributed by atoms with Gasteiger partial charge in [-0.15, -0.1) is 0 Å². The maximum absolute atomic E-state index is 12.3. The minimum Gasteiger partial charge on any atom is -0.484 e. The second-order valence-corrected chi connectivity index (χ2v) is 6.46. The van der Waals surface area contributed by atoms with Gasteiger partial charge in [-0.3, -0.25) is 4.79 Å². The second kappa shape index (κ2) is 7.63. The van der Waals surface area contributed by atoms with Crippen LogP contribution in [0.3, 0.4) is 0 Å². The number of rotatable bonds is 5. The quantitative estimate of drug-likeness (QED) is 0.909. The van der Waals surface area contributed by atoms with Gasteiger partial charge >= 0.3 is 0 Å². The van der Waals surface area contributed by atoms with Gasteiger partial charge in [-0.2, -0.15) is 0 Å². The number of amides is 1. The molecule has 1 aromatic rings. The van der Waals surface area contributed by atoms with Crippen molar-refractivity contribution in [2.45, 2.75) is 51.7 Å². The molecule has 1 saturated carbocycles. The van der Waals surface area contributed by atoms with E-state index in [1.165, 1.54) is 12.8 Å². The second-order valence-electron chi connectivity index (χ2n) is 6.46. The molecule has 122 valence electrons. The first-order valence-corrected chi connectivity index (χ1v) is 8.14. The number of carbonyl (C=O) groups is 1. The van der Waals surface area contributed by atoms with Crippen molar-refractivity contribution in [2.24, 2.45) is 5.92 Å². The van der Waals surface area contributed by atoms with Crippen LogP contribution in [0.25, 0.3) is 0 Å². The molecule has 2 rings (SSSR count). The molecule has 4 heteroatoms. The summed E-state index contributed by atoms with van der Waals surface area (Å²) in [6.07, 6.45) is 4.02. The van der Waals surface area contributed by atoms with Gasteiger partial charge in [0.25, 0.3) is 5.91 Å². The summed E-state index contributed by atoms with van der Waals surface area (Å²) >= 11 is 0. The van der Waals surface area contributed by atoms with Crippen molar-refractivity contribution in [3.05, 3.63) is 29.8 Å². The lowest BCUT2D eigenvalue weighted by atomic mass is 9.87. The third-order valence-corrected chi connectivity index (χ3v) is 4.63. The molecule has 1 N–H and O–H groups in total. The number of nitrogens with zero attached hydrogens (tertiary/aromatic N) is 1. The van der Waals surface area contributed by atoms with E-state index in [9.17, 15) is 9.90 Å². The van der Waals surface area contributed by atoms with Gasteiger partial charge in [-0.25, -0.2) is 0 Å². The zero-order valence-corrected chi connectivity index (χ0v) is 13.8. The van der Waals surface area contributed by atoms with Crippen molar-refractivity contribution in [3.8, 4) is 5.75 Å². The highest BCUT2D eigenvalue weighted by Crippen LogP contribution is 2.26. The molecule has 0 bridgehead atoms. The van der Waals surface area contributed by atoms with Gasteiger partial charge in [0, 0.05) is 13.1 Å². The van der Waals surface area contributed by atoms with E-state index in [2.05, 4.69) is 6.92 Å². The first kappa shape index (κ1) is 16.8. The summed E-state index contributed by atoms with van der Waals surface area (Å²) in [4.78, 5) is 14.1. The standard InChI is InChI=1S/C18H27NO3/c1-13-7-9-16(10-8-13)19(3)18(21)12-22-17-6-4-5-15(11-17)14(2)20/h4-6,11,13-14,16,20H,7-10,12H2,1-3H3. The zero-order chi connectivity index (χ0) is 16.1. The van der Waals surface area contributed by atoms with Crippen molar-refractivity contribution in [3.63, 3.8) is 0 Å². The normalized spacial score (nSPS) is 22.9. The maximum Gasteiger partial charge on any atom is 0.260 e. The molecule has 0 heterocycles. The highest BCUT2D eigenvalue weighted by Gasteiger charge is 2.24. The van der Waals surface area contributed by atoms with E-state index < -0.39 is 6.10 Å². The van der Waals surface area contributed by atoms with Crippen LogP contribution in [0, 0.1) is 5.92 Å². The van der Waals surface area contributed by atoms with Crippen LogP contribution in [-0.4, -0.2) is 35.6 Å². The molecule has 1 atom stereocenters. The first-order valence-electron chi connectivity index (χ1n) is 8.14. The molecule has 1 aliphatic carbocycles. The fourth-order valence-electron chi connectivity index (χ4n) is 2.94. The van der Waals surface area contributed by atoms with Crippen LogP contribution in [0.1, 0.15) is 51.2 Å². The number of ether oxygens (including phenoxy) is 1. The predicted molar refractivity (Wildman–Crippen MR) is 86.8 cm³/mol. The third-order valence-electron chi connectivity index (χ3n) is 4.63. The first-order chi connectivity index (χ1) is 10.5. The topological polar surface area (TPSA) is 49.8 Å². The minimum absolute atomic E-state index is 0.0157. The van der Waals surface area contributed by atoms with Gasteiger partial charge in [-0.1, -0.05) is 19.1 Å². The molecule has 0 radical (unpaired) electrons. The Labute approximate surface area is 133 Å². The van der Waals surface area contributed by atoms with Crippen LogP contribution >= 0.6 is 0 Å². The molecular formula is C18H27NO3. The number of aliphatic hydroxyl groups is 1. The summed E-state index contributed by atoms with van der Waals surface area (Å²) in [6, 6.07) is 7.60. The highest BCUT2D eigenvalue weighted by molar-refractivity contribution is 5.77. The molecule has 22 heavy (non-hydrogen) atoms. The van der Waals surface area contributed by atoms with Crippen molar-refractivity contribution in [2.75, 3.05) is 13.7 Å². The van der Waals surface area contributed by atoms with Crippen molar-refractivity contribution < 1.29 is 14.6 Å². The van der Waals surface area contributed by atoms with Crippen molar-refractivity contribution in [1.29, 1.82) is 0 Å². The molecular weight excluding hydrogens is 278 g/mol. The zero-order valence-electron chi connectivity index (χ0n) is 13.8. The van der Waals surface area contributed by atoms with Crippen molar-refractivity contribution in [1.82, 2.24) is 4.90 Å². The van der Waals surface area contributed by atoms with E-state index >= 15 is 0 Å². The SMILES string of the molecule is CC1CCC(N(C)C(=O)COc2cccc(C(C)O)c2)CC1. The number of aliphatic hydroxyl groups excluding tert-OH is 1. The monoisotopic (exact) mass is 305 g/mol. The summed E-state index contributed by atoms with van der Waals surface area (Å²) in [5, 5.41) is 9.57. The number of hydrogen-bond donors (Lipinski definition) is 1. The molecule has 1 aliphatic rings. The Kier molecular flexibility index (Phi) is 5.83. The molecule has 4 nitrogen and oxygen atoms in total. The number of likely N-dealkylation sites (N-methyl/N-ethyl adjacent to an activating group) is 1. The van der Waals surface area contributed by atoms with Gasteiger partial charge in [0.05, 0.1) is 6.10 Å². The Bertz CT molecular complexity index is 493. The Morgan fingerprint density at radius 3 is 2.68 bits per heavy atom. The molecule has 1 amide bonds. The number of benzene rings is 1. The van der Waals surface area contributed by atoms with Crippen LogP contribution in [-0.2, 0) is 4.79 Å². The largest absolute Gasteiger partial charge is 0.484 e. The maximum atomic E-state index is 12.3. The van der Waals surface area contributed by atoms with Crippen LogP contribution < -0.4 is 4.74 Å². The summed E-state index contributed by atoms with van der Waals surface area (Å²) in [5.74, 6) is 1.42. The molecule has 0 spiro atoms. The van der Waals surface area contributed by atoms with E-state index in [-0.39, 0.29) is 12.5 Å². The van der Waals surface area contributed by atoms with Crippen LogP contribution in [0.5, 0.6) is 5.75 Å². The van der Waals surface area contributed by atoms with Crippen LogP contribution in [0.4, 0.5) is 0 Å². The molecule has 0 aromatic heterocycles. The Morgan fingerprint density at radius 2 is 2.05 bits per heavy atom. The third kappa shape index (κ3) is 4.47. The molecule has 1 fully saturated rings. The lowest BCUT2D eigenvalue weighted by Crippen LogP contribution is -2.41. The van der Waals surface area contributed by atoms with E-state index in [1.54, 1.807) is 19.1 Å². The van der Waals surface area contributed by atoms with Crippen LogP contribution in [0.2, 0.25) is 0 Å². The van der Waals surface area contributed by atoms with E-state index in [0.717, 1.165) is 24.3 Å². The lowest BCUT2D eigenvalue weighted by molar-refractivity contribution is -0.134.